The van der Waals surface area contributed by atoms with E-state index in [2.05, 4.69) is 22.8 Å². The predicted octanol–water partition coefficient (Wildman–Crippen LogP) is 1.55. The third-order valence-electron chi connectivity index (χ3n) is 3.69. The van der Waals surface area contributed by atoms with Crippen LogP contribution in [0.5, 0.6) is 5.75 Å². The van der Waals surface area contributed by atoms with E-state index in [1.807, 2.05) is 19.1 Å². The smallest absolute Gasteiger partial charge is 0.122 e. The summed E-state index contributed by atoms with van der Waals surface area (Å²) >= 11 is 0. The van der Waals surface area contributed by atoms with E-state index in [4.69, 9.17) is 5.73 Å². The molecule has 0 spiro atoms. The van der Waals surface area contributed by atoms with Crippen LogP contribution in [0.25, 0.3) is 0 Å². The van der Waals surface area contributed by atoms with Crippen molar-refractivity contribution in [3.8, 4) is 5.75 Å². The Kier molecular flexibility index (Phi) is 4.09. The summed E-state index contributed by atoms with van der Waals surface area (Å²) < 4.78 is 0. The third-order valence-corrected chi connectivity index (χ3v) is 3.69. The molecule has 18 heavy (non-hydrogen) atoms. The molecule has 1 aromatic carbocycles. The zero-order valence-electron chi connectivity index (χ0n) is 11.3. The van der Waals surface area contributed by atoms with Gasteiger partial charge in [0.1, 0.15) is 5.75 Å². The Bertz CT molecular complexity index is 398. The Labute approximate surface area is 109 Å². The molecule has 0 amide bonds. The normalized spacial score (nSPS) is 18.9. The van der Waals surface area contributed by atoms with Crippen LogP contribution in [0.15, 0.2) is 18.2 Å². The van der Waals surface area contributed by atoms with Crippen LogP contribution in [0.3, 0.4) is 0 Å². The average Bonchev–Trinajstić information content (AvgIpc) is 2.38. The quantitative estimate of drug-likeness (QED) is 0.853. The van der Waals surface area contributed by atoms with Crippen LogP contribution in [-0.4, -0.2) is 42.7 Å². The number of phenolic OH excluding ortho intramolecular Hbond substituents is 1. The maximum absolute atomic E-state index is 9.97. The van der Waals surface area contributed by atoms with E-state index in [1.54, 1.807) is 0 Å². The van der Waals surface area contributed by atoms with Crippen LogP contribution >= 0.6 is 0 Å². The van der Waals surface area contributed by atoms with E-state index in [0.717, 1.165) is 44.0 Å². The molecule has 100 valence electrons. The fraction of sp³-hybridized carbons (Fsp3) is 0.571. The van der Waals surface area contributed by atoms with Gasteiger partial charge in [-0.3, -0.25) is 0 Å². The predicted molar refractivity (Wildman–Crippen MR) is 75.0 cm³/mol. The Hall–Kier alpha value is -1.26. The summed E-state index contributed by atoms with van der Waals surface area (Å²) in [5, 5.41) is 9.97. The molecule has 3 N–H and O–H groups in total. The number of nitrogens with two attached hydrogens (primary N) is 1. The second-order valence-corrected chi connectivity index (χ2v) is 4.95. The Morgan fingerprint density at radius 3 is 2.44 bits per heavy atom. The van der Waals surface area contributed by atoms with Crippen LogP contribution in [-0.2, 0) is 0 Å². The Balaban J connectivity index is 2.08. The van der Waals surface area contributed by atoms with Gasteiger partial charge >= 0.3 is 0 Å². The average molecular weight is 249 g/mol. The van der Waals surface area contributed by atoms with E-state index < -0.39 is 0 Å². The molecule has 0 aliphatic carbocycles. The third kappa shape index (κ3) is 2.76. The number of benzene rings is 1. The lowest BCUT2D eigenvalue weighted by Gasteiger charge is -2.35. The fourth-order valence-corrected chi connectivity index (χ4v) is 2.44. The van der Waals surface area contributed by atoms with Crippen LogP contribution in [0.1, 0.15) is 25.5 Å². The molecule has 1 aliphatic rings. The first-order chi connectivity index (χ1) is 8.61. The molecular weight excluding hydrogens is 226 g/mol. The standard InChI is InChI=1S/C14H23N3O/c1-3-16-6-8-17(9-7-16)12-4-5-13(11(2)15)14(18)10-12/h4-5,10-11,18H,3,6-9,15H2,1-2H3. The second-order valence-electron chi connectivity index (χ2n) is 4.95. The van der Waals surface area contributed by atoms with Gasteiger partial charge in [0.2, 0.25) is 0 Å². The van der Waals surface area contributed by atoms with Gasteiger partial charge in [0.15, 0.2) is 0 Å². The first-order valence-corrected chi connectivity index (χ1v) is 6.67. The molecular formula is C14H23N3O. The summed E-state index contributed by atoms with van der Waals surface area (Å²) in [5.41, 5.74) is 7.70. The number of hydrogen-bond acceptors (Lipinski definition) is 4. The highest BCUT2D eigenvalue weighted by atomic mass is 16.3. The molecule has 1 aromatic rings. The molecule has 1 saturated heterocycles. The number of anilines is 1. The van der Waals surface area contributed by atoms with Gasteiger partial charge < -0.3 is 20.6 Å². The Morgan fingerprint density at radius 2 is 1.94 bits per heavy atom. The highest BCUT2D eigenvalue weighted by Crippen LogP contribution is 2.28. The number of hydrogen-bond donors (Lipinski definition) is 2. The molecule has 0 aromatic heterocycles. The minimum absolute atomic E-state index is 0.129. The lowest BCUT2D eigenvalue weighted by molar-refractivity contribution is 0.271. The lowest BCUT2D eigenvalue weighted by atomic mass is 10.1. The number of rotatable bonds is 3. The molecule has 4 nitrogen and oxygen atoms in total. The fourth-order valence-electron chi connectivity index (χ4n) is 2.44. The van der Waals surface area contributed by atoms with Crippen molar-refractivity contribution in [2.24, 2.45) is 5.73 Å². The SMILES string of the molecule is CCN1CCN(c2ccc(C(C)N)c(O)c2)CC1. The highest BCUT2D eigenvalue weighted by Gasteiger charge is 2.17. The maximum atomic E-state index is 9.97. The molecule has 0 radical (unpaired) electrons. The summed E-state index contributed by atoms with van der Waals surface area (Å²) in [6, 6.07) is 5.69. The first-order valence-electron chi connectivity index (χ1n) is 6.67. The largest absolute Gasteiger partial charge is 0.508 e. The minimum atomic E-state index is -0.129. The molecule has 1 aliphatic heterocycles. The van der Waals surface area contributed by atoms with Crippen molar-refractivity contribution < 1.29 is 5.11 Å². The Morgan fingerprint density at radius 1 is 1.28 bits per heavy atom. The molecule has 0 bridgehead atoms. The van der Waals surface area contributed by atoms with Gasteiger partial charge in [-0.05, 0) is 19.5 Å². The van der Waals surface area contributed by atoms with Gasteiger partial charge in [-0.25, -0.2) is 0 Å². The molecule has 0 saturated carbocycles. The zero-order valence-corrected chi connectivity index (χ0v) is 11.3. The van der Waals surface area contributed by atoms with Gasteiger partial charge in [0.25, 0.3) is 0 Å². The van der Waals surface area contributed by atoms with Crippen LogP contribution in [0.4, 0.5) is 5.69 Å². The number of nitrogens with zero attached hydrogens (tertiary/aromatic N) is 2. The molecule has 1 heterocycles. The van der Waals surface area contributed by atoms with Gasteiger partial charge in [0.05, 0.1) is 0 Å². The van der Waals surface area contributed by atoms with E-state index in [0.29, 0.717) is 5.75 Å². The van der Waals surface area contributed by atoms with Crippen molar-refractivity contribution in [1.82, 2.24) is 4.90 Å². The van der Waals surface area contributed by atoms with Gasteiger partial charge in [-0.2, -0.15) is 0 Å². The van der Waals surface area contributed by atoms with Crippen molar-refractivity contribution >= 4 is 5.69 Å². The molecule has 2 rings (SSSR count). The summed E-state index contributed by atoms with van der Waals surface area (Å²) in [7, 11) is 0. The number of likely N-dealkylation sites (N-methyl/N-ethyl adjacent to an activating group) is 1. The van der Waals surface area contributed by atoms with E-state index in [1.165, 1.54) is 0 Å². The number of piperazine rings is 1. The second kappa shape index (κ2) is 5.59. The minimum Gasteiger partial charge on any atom is -0.508 e. The van der Waals surface area contributed by atoms with E-state index in [9.17, 15) is 5.11 Å². The van der Waals surface area contributed by atoms with Crippen molar-refractivity contribution in [3.63, 3.8) is 0 Å². The van der Waals surface area contributed by atoms with Crippen LogP contribution < -0.4 is 10.6 Å². The van der Waals surface area contributed by atoms with Crippen molar-refractivity contribution in [1.29, 1.82) is 0 Å². The van der Waals surface area contributed by atoms with Gasteiger partial charge in [-0.15, -0.1) is 0 Å². The summed E-state index contributed by atoms with van der Waals surface area (Å²) in [5.74, 6) is 0.306. The summed E-state index contributed by atoms with van der Waals surface area (Å²) in [4.78, 5) is 4.75. The monoisotopic (exact) mass is 249 g/mol. The molecule has 1 unspecified atom stereocenters. The molecule has 1 fully saturated rings. The number of phenols is 1. The number of aromatic hydroxyl groups is 1. The van der Waals surface area contributed by atoms with Gasteiger partial charge in [0, 0.05) is 49.5 Å². The highest BCUT2D eigenvalue weighted by molar-refractivity contribution is 5.54. The van der Waals surface area contributed by atoms with E-state index >= 15 is 0 Å². The molecule has 1 atom stereocenters. The lowest BCUT2D eigenvalue weighted by Crippen LogP contribution is -2.46. The zero-order chi connectivity index (χ0) is 13.1. The molecule has 4 heteroatoms. The van der Waals surface area contributed by atoms with E-state index in [-0.39, 0.29) is 6.04 Å². The van der Waals surface area contributed by atoms with Crippen LogP contribution in [0.2, 0.25) is 0 Å². The van der Waals surface area contributed by atoms with Gasteiger partial charge in [-0.1, -0.05) is 13.0 Å². The summed E-state index contributed by atoms with van der Waals surface area (Å²) in [6.07, 6.45) is 0. The van der Waals surface area contributed by atoms with Crippen molar-refractivity contribution in [2.45, 2.75) is 19.9 Å². The summed E-state index contributed by atoms with van der Waals surface area (Å²) in [6.45, 7) is 9.41. The maximum Gasteiger partial charge on any atom is 0.122 e. The topological polar surface area (TPSA) is 52.7 Å². The first kappa shape index (κ1) is 13.2. The van der Waals surface area contributed by atoms with Crippen molar-refractivity contribution in [2.75, 3.05) is 37.6 Å². The van der Waals surface area contributed by atoms with Crippen LogP contribution in [0, 0.1) is 0 Å². The van der Waals surface area contributed by atoms with Crippen molar-refractivity contribution in [3.05, 3.63) is 23.8 Å².